The summed E-state index contributed by atoms with van der Waals surface area (Å²) in [6, 6.07) is 7.03. The van der Waals surface area contributed by atoms with E-state index in [1.165, 1.54) is 24.0 Å². The van der Waals surface area contributed by atoms with E-state index in [-0.39, 0.29) is 0 Å². The maximum absolute atomic E-state index is 6.35. The Balaban J connectivity index is 1.69. The van der Waals surface area contributed by atoms with Crippen molar-refractivity contribution in [3.05, 3.63) is 52.6 Å². The van der Waals surface area contributed by atoms with Crippen LogP contribution in [-0.4, -0.2) is 15.6 Å². The van der Waals surface area contributed by atoms with Gasteiger partial charge in [-0.2, -0.15) is 0 Å². The van der Waals surface area contributed by atoms with Gasteiger partial charge in [0, 0.05) is 43.5 Å². The molecule has 0 atom stereocenters. The zero-order valence-corrected chi connectivity index (χ0v) is 11.8. The second-order valence-corrected chi connectivity index (χ2v) is 5.62. The van der Waals surface area contributed by atoms with Crippen molar-refractivity contribution in [1.29, 1.82) is 0 Å². The van der Waals surface area contributed by atoms with Gasteiger partial charge in [-0.05, 0) is 30.0 Å². The van der Waals surface area contributed by atoms with Gasteiger partial charge in [0.25, 0.3) is 0 Å². The molecule has 0 unspecified atom stereocenters. The Hall–Kier alpha value is -1.32. The van der Waals surface area contributed by atoms with Gasteiger partial charge in [0.15, 0.2) is 0 Å². The van der Waals surface area contributed by atoms with E-state index in [2.05, 4.69) is 28.5 Å². The number of hydrogen-bond acceptors (Lipinski definition) is 2. The van der Waals surface area contributed by atoms with Crippen LogP contribution in [0, 0.1) is 0 Å². The number of nitrogens with one attached hydrogen (secondary N) is 1. The lowest BCUT2D eigenvalue weighted by atomic mass is 10.1. The molecule has 3 rings (SSSR count). The van der Waals surface area contributed by atoms with Crippen molar-refractivity contribution in [2.75, 3.05) is 0 Å². The van der Waals surface area contributed by atoms with Crippen molar-refractivity contribution in [2.24, 2.45) is 7.05 Å². The van der Waals surface area contributed by atoms with Gasteiger partial charge in [-0.25, -0.2) is 4.98 Å². The second kappa shape index (κ2) is 5.35. The number of rotatable bonds is 5. The lowest BCUT2D eigenvalue weighted by molar-refractivity contribution is 0.687. The van der Waals surface area contributed by atoms with Crippen molar-refractivity contribution in [3.63, 3.8) is 0 Å². The highest BCUT2D eigenvalue weighted by Crippen LogP contribution is 2.23. The fraction of sp³-hybridized carbons (Fsp3) is 0.400. The molecule has 1 N–H and O–H groups in total. The molecule has 3 nitrogen and oxygen atoms in total. The smallest absolute Gasteiger partial charge is 0.112 e. The molecule has 1 aromatic carbocycles. The van der Waals surface area contributed by atoms with Gasteiger partial charge in [-0.3, -0.25) is 0 Å². The fourth-order valence-electron chi connectivity index (χ4n) is 2.14. The average molecular weight is 276 g/mol. The summed E-state index contributed by atoms with van der Waals surface area (Å²) >= 11 is 6.35. The summed E-state index contributed by atoms with van der Waals surface area (Å²) in [5.41, 5.74) is 2.38. The van der Waals surface area contributed by atoms with E-state index in [0.29, 0.717) is 6.04 Å². The van der Waals surface area contributed by atoms with Gasteiger partial charge in [-0.15, -0.1) is 0 Å². The first-order chi connectivity index (χ1) is 9.22. The molecular formula is C15H18ClN3. The molecule has 19 heavy (non-hydrogen) atoms. The number of aryl methyl sites for hydroxylation is 1. The molecule has 4 heteroatoms. The van der Waals surface area contributed by atoms with E-state index < -0.39 is 0 Å². The van der Waals surface area contributed by atoms with Gasteiger partial charge in [-0.1, -0.05) is 23.7 Å². The number of imidazole rings is 1. The first-order valence-electron chi connectivity index (χ1n) is 6.69. The maximum atomic E-state index is 6.35. The van der Waals surface area contributed by atoms with Crippen LogP contribution in [0.4, 0.5) is 0 Å². The largest absolute Gasteiger partial charge is 0.338 e. The van der Waals surface area contributed by atoms with Crippen LogP contribution in [0.25, 0.3) is 0 Å². The van der Waals surface area contributed by atoms with Gasteiger partial charge in [0.05, 0.1) is 0 Å². The van der Waals surface area contributed by atoms with E-state index in [1.807, 2.05) is 24.0 Å². The maximum Gasteiger partial charge on any atom is 0.112 e. The summed E-state index contributed by atoms with van der Waals surface area (Å²) in [7, 11) is 2.01. The zero-order chi connectivity index (χ0) is 13.2. The molecule has 100 valence electrons. The van der Waals surface area contributed by atoms with Crippen molar-refractivity contribution in [1.82, 2.24) is 14.9 Å². The average Bonchev–Trinajstić information content (AvgIpc) is 3.13. The van der Waals surface area contributed by atoms with E-state index in [0.717, 1.165) is 23.8 Å². The third kappa shape index (κ3) is 3.17. The van der Waals surface area contributed by atoms with Gasteiger partial charge in [0.2, 0.25) is 0 Å². The summed E-state index contributed by atoms with van der Waals surface area (Å²) in [4.78, 5) is 4.34. The molecule has 1 aliphatic carbocycles. The third-order valence-corrected chi connectivity index (χ3v) is 3.91. The number of nitrogens with zero attached hydrogens (tertiary/aromatic N) is 2. The quantitative estimate of drug-likeness (QED) is 0.909. The number of benzene rings is 1. The van der Waals surface area contributed by atoms with Gasteiger partial charge >= 0.3 is 0 Å². The van der Waals surface area contributed by atoms with Crippen molar-refractivity contribution < 1.29 is 0 Å². The zero-order valence-electron chi connectivity index (χ0n) is 11.1. The highest BCUT2D eigenvalue weighted by Gasteiger charge is 2.20. The van der Waals surface area contributed by atoms with Crippen LogP contribution in [-0.2, 0) is 20.0 Å². The van der Waals surface area contributed by atoms with E-state index in [9.17, 15) is 0 Å². The Morgan fingerprint density at radius 3 is 2.89 bits per heavy atom. The molecule has 1 heterocycles. The molecular weight excluding hydrogens is 258 g/mol. The minimum Gasteiger partial charge on any atom is -0.338 e. The Morgan fingerprint density at radius 2 is 2.26 bits per heavy atom. The normalized spacial score (nSPS) is 14.8. The second-order valence-electron chi connectivity index (χ2n) is 5.21. The number of hydrogen-bond donors (Lipinski definition) is 1. The summed E-state index contributed by atoms with van der Waals surface area (Å²) < 4.78 is 2.04. The number of aromatic nitrogens is 2. The van der Waals surface area contributed by atoms with E-state index >= 15 is 0 Å². The Bertz CT molecular complexity index is 573. The molecule has 0 saturated heterocycles. The van der Waals surface area contributed by atoms with Crippen LogP contribution in [0.1, 0.15) is 29.8 Å². The fourth-order valence-corrected chi connectivity index (χ4v) is 2.41. The minimum atomic E-state index is 0.711. The molecule has 1 aliphatic rings. The van der Waals surface area contributed by atoms with Crippen LogP contribution in [0.15, 0.2) is 30.6 Å². The SMILES string of the molecule is Cn1ccnc1Cc1ccc(CNC2CC2)c(Cl)c1. The first kappa shape index (κ1) is 12.7. The van der Waals surface area contributed by atoms with Crippen LogP contribution >= 0.6 is 11.6 Å². The molecule has 0 amide bonds. The highest BCUT2D eigenvalue weighted by molar-refractivity contribution is 6.31. The summed E-state index contributed by atoms with van der Waals surface area (Å²) in [5, 5.41) is 4.33. The summed E-state index contributed by atoms with van der Waals surface area (Å²) in [6.45, 7) is 0.867. The highest BCUT2D eigenvalue weighted by atomic mass is 35.5. The van der Waals surface area contributed by atoms with Crippen molar-refractivity contribution in [2.45, 2.75) is 31.8 Å². The molecule has 0 spiro atoms. The monoisotopic (exact) mass is 275 g/mol. The molecule has 1 aromatic heterocycles. The van der Waals surface area contributed by atoms with Crippen LogP contribution in [0.3, 0.4) is 0 Å². The van der Waals surface area contributed by atoms with Gasteiger partial charge < -0.3 is 9.88 Å². The van der Waals surface area contributed by atoms with Crippen molar-refractivity contribution in [3.8, 4) is 0 Å². The Kier molecular flexibility index (Phi) is 3.58. The van der Waals surface area contributed by atoms with Crippen LogP contribution < -0.4 is 5.32 Å². The molecule has 0 aliphatic heterocycles. The van der Waals surface area contributed by atoms with E-state index in [4.69, 9.17) is 11.6 Å². The van der Waals surface area contributed by atoms with E-state index in [1.54, 1.807) is 0 Å². The lowest BCUT2D eigenvalue weighted by Gasteiger charge is -2.08. The molecule has 1 saturated carbocycles. The molecule has 1 fully saturated rings. The minimum absolute atomic E-state index is 0.711. The van der Waals surface area contributed by atoms with Crippen LogP contribution in [0.2, 0.25) is 5.02 Å². The van der Waals surface area contributed by atoms with Crippen molar-refractivity contribution >= 4 is 11.6 Å². The predicted octanol–water partition coefficient (Wildman–Crippen LogP) is 2.92. The standard InChI is InChI=1S/C15H18ClN3/c1-19-7-6-17-15(19)9-11-2-3-12(14(16)8-11)10-18-13-4-5-13/h2-3,6-8,13,18H,4-5,9-10H2,1H3. The summed E-state index contributed by atoms with van der Waals surface area (Å²) in [6.07, 6.45) is 7.21. The third-order valence-electron chi connectivity index (χ3n) is 3.56. The summed E-state index contributed by atoms with van der Waals surface area (Å²) in [5.74, 6) is 1.06. The molecule has 0 radical (unpaired) electrons. The first-order valence-corrected chi connectivity index (χ1v) is 7.07. The Morgan fingerprint density at radius 1 is 1.42 bits per heavy atom. The predicted molar refractivity (Wildman–Crippen MR) is 77.3 cm³/mol. The van der Waals surface area contributed by atoms with Gasteiger partial charge in [0.1, 0.15) is 5.82 Å². The number of halogens is 1. The Labute approximate surface area is 118 Å². The lowest BCUT2D eigenvalue weighted by Crippen LogP contribution is -2.15. The molecule has 0 bridgehead atoms. The molecule has 2 aromatic rings. The van der Waals surface area contributed by atoms with Crippen LogP contribution in [0.5, 0.6) is 0 Å². The topological polar surface area (TPSA) is 29.9 Å².